The van der Waals surface area contributed by atoms with E-state index in [0.29, 0.717) is 6.04 Å². The molecular formula is C16H27N3. The van der Waals surface area contributed by atoms with E-state index in [9.17, 15) is 0 Å². The monoisotopic (exact) mass is 261 g/mol. The minimum absolute atomic E-state index is 0.673. The fourth-order valence-electron chi connectivity index (χ4n) is 3.67. The first-order valence-electron chi connectivity index (χ1n) is 8.16. The zero-order valence-electron chi connectivity index (χ0n) is 12.0. The van der Waals surface area contributed by atoms with E-state index in [4.69, 9.17) is 5.10 Å². The Bertz CT molecular complexity index is 373. The van der Waals surface area contributed by atoms with Crippen LogP contribution in [-0.4, -0.2) is 16.3 Å². The molecule has 1 N–H and O–H groups in total. The van der Waals surface area contributed by atoms with E-state index in [0.717, 1.165) is 19.0 Å². The van der Waals surface area contributed by atoms with Gasteiger partial charge in [-0.2, -0.15) is 5.10 Å². The van der Waals surface area contributed by atoms with Crippen LogP contribution in [0.1, 0.15) is 69.5 Å². The minimum atomic E-state index is 0.673. The zero-order valence-corrected chi connectivity index (χ0v) is 12.0. The highest BCUT2D eigenvalue weighted by molar-refractivity contribution is 4.99. The Morgan fingerprint density at radius 1 is 1.11 bits per heavy atom. The average molecular weight is 261 g/mol. The molecule has 0 aliphatic heterocycles. The molecule has 2 aliphatic carbocycles. The van der Waals surface area contributed by atoms with Gasteiger partial charge in [-0.05, 0) is 37.8 Å². The number of nitrogens with zero attached hydrogens (tertiary/aromatic N) is 2. The van der Waals surface area contributed by atoms with Crippen molar-refractivity contribution in [3.63, 3.8) is 0 Å². The van der Waals surface area contributed by atoms with Crippen molar-refractivity contribution in [2.45, 2.75) is 70.4 Å². The summed E-state index contributed by atoms with van der Waals surface area (Å²) in [5.41, 5.74) is 1.21. The molecule has 0 bridgehead atoms. The summed E-state index contributed by atoms with van der Waals surface area (Å²) in [5, 5.41) is 8.27. The first kappa shape index (κ1) is 13.2. The highest BCUT2D eigenvalue weighted by Crippen LogP contribution is 2.29. The van der Waals surface area contributed by atoms with Gasteiger partial charge in [0.25, 0.3) is 0 Å². The van der Waals surface area contributed by atoms with Gasteiger partial charge in [0, 0.05) is 12.7 Å². The van der Waals surface area contributed by atoms with Crippen LogP contribution in [0.5, 0.6) is 0 Å². The molecule has 106 valence electrons. The molecule has 0 amide bonds. The summed E-state index contributed by atoms with van der Waals surface area (Å²) in [6.45, 7) is 2.09. The Hall–Kier alpha value is -0.830. The quantitative estimate of drug-likeness (QED) is 0.792. The van der Waals surface area contributed by atoms with Crippen molar-refractivity contribution in [1.29, 1.82) is 0 Å². The summed E-state index contributed by atoms with van der Waals surface area (Å²) in [7, 11) is 0. The first-order chi connectivity index (χ1) is 9.42. The second kappa shape index (κ2) is 6.56. The summed E-state index contributed by atoms with van der Waals surface area (Å²) in [6, 6.07) is 2.85. The van der Waals surface area contributed by atoms with Gasteiger partial charge in [-0.3, -0.25) is 4.68 Å². The molecule has 1 heterocycles. The van der Waals surface area contributed by atoms with Crippen molar-refractivity contribution >= 4 is 0 Å². The third-order valence-electron chi connectivity index (χ3n) is 4.87. The summed E-state index contributed by atoms with van der Waals surface area (Å²) in [5.74, 6) is 0.989. The maximum atomic E-state index is 4.72. The van der Waals surface area contributed by atoms with Gasteiger partial charge in [0.05, 0.1) is 11.7 Å². The molecule has 2 fully saturated rings. The summed E-state index contributed by atoms with van der Waals surface area (Å²) >= 11 is 0. The molecule has 2 saturated carbocycles. The molecule has 1 aromatic rings. The van der Waals surface area contributed by atoms with E-state index in [-0.39, 0.29) is 0 Å². The molecule has 3 rings (SSSR count). The lowest BCUT2D eigenvalue weighted by atomic mass is 10.0. The Balaban J connectivity index is 1.37. The zero-order chi connectivity index (χ0) is 12.9. The molecule has 2 aliphatic rings. The normalized spacial score (nSPS) is 21.5. The van der Waals surface area contributed by atoms with Gasteiger partial charge >= 0.3 is 0 Å². The average Bonchev–Trinajstić information content (AvgIpc) is 3.15. The first-order valence-corrected chi connectivity index (χ1v) is 8.16. The van der Waals surface area contributed by atoms with Gasteiger partial charge in [0.15, 0.2) is 0 Å². The van der Waals surface area contributed by atoms with E-state index in [1.807, 2.05) is 0 Å². The molecule has 0 spiro atoms. The van der Waals surface area contributed by atoms with Crippen LogP contribution in [0.2, 0.25) is 0 Å². The second-order valence-corrected chi connectivity index (χ2v) is 6.34. The highest BCUT2D eigenvalue weighted by atomic mass is 15.3. The van der Waals surface area contributed by atoms with Crippen LogP contribution in [0.3, 0.4) is 0 Å². The van der Waals surface area contributed by atoms with E-state index in [1.54, 1.807) is 0 Å². The largest absolute Gasteiger partial charge is 0.311 e. The lowest BCUT2D eigenvalue weighted by Crippen LogP contribution is -2.17. The number of nitrogens with one attached hydrogen (secondary N) is 1. The number of rotatable bonds is 6. The topological polar surface area (TPSA) is 29.9 Å². The molecule has 0 unspecified atom stereocenters. The van der Waals surface area contributed by atoms with Crippen LogP contribution < -0.4 is 5.32 Å². The lowest BCUT2D eigenvalue weighted by molar-refractivity contribution is 0.454. The van der Waals surface area contributed by atoms with E-state index in [1.165, 1.54) is 63.5 Å². The SMILES string of the molecule is c1cn(C2CCCC2)nc1CNCCC1CCCC1. The predicted octanol–water partition coefficient (Wildman–Crippen LogP) is 3.67. The fraction of sp³-hybridized carbons (Fsp3) is 0.812. The second-order valence-electron chi connectivity index (χ2n) is 6.34. The number of aromatic nitrogens is 2. The van der Waals surface area contributed by atoms with Gasteiger partial charge in [-0.15, -0.1) is 0 Å². The van der Waals surface area contributed by atoms with Crippen LogP contribution in [0, 0.1) is 5.92 Å². The van der Waals surface area contributed by atoms with Crippen molar-refractivity contribution in [3.8, 4) is 0 Å². The maximum absolute atomic E-state index is 4.72. The molecule has 1 aromatic heterocycles. The maximum Gasteiger partial charge on any atom is 0.0762 e. The highest BCUT2D eigenvalue weighted by Gasteiger charge is 2.17. The molecular weight excluding hydrogens is 234 g/mol. The van der Waals surface area contributed by atoms with Crippen LogP contribution in [-0.2, 0) is 6.54 Å². The lowest BCUT2D eigenvalue weighted by Gasteiger charge is -2.10. The smallest absolute Gasteiger partial charge is 0.0762 e. The summed E-state index contributed by atoms with van der Waals surface area (Å²) in [6.07, 6.45) is 14.7. The molecule has 19 heavy (non-hydrogen) atoms. The Kier molecular flexibility index (Phi) is 4.54. The van der Waals surface area contributed by atoms with Crippen LogP contribution in [0.25, 0.3) is 0 Å². The molecule has 0 aromatic carbocycles. The van der Waals surface area contributed by atoms with E-state index >= 15 is 0 Å². The van der Waals surface area contributed by atoms with Gasteiger partial charge in [0.2, 0.25) is 0 Å². The number of hydrogen-bond donors (Lipinski definition) is 1. The third kappa shape index (κ3) is 3.59. The number of hydrogen-bond acceptors (Lipinski definition) is 2. The fourth-order valence-corrected chi connectivity index (χ4v) is 3.67. The Labute approximate surface area is 116 Å². The van der Waals surface area contributed by atoms with Crippen molar-refractivity contribution in [3.05, 3.63) is 18.0 Å². The van der Waals surface area contributed by atoms with E-state index < -0.39 is 0 Å². The molecule has 3 nitrogen and oxygen atoms in total. The third-order valence-corrected chi connectivity index (χ3v) is 4.87. The Morgan fingerprint density at radius 2 is 1.84 bits per heavy atom. The van der Waals surface area contributed by atoms with Crippen LogP contribution >= 0.6 is 0 Å². The van der Waals surface area contributed by atoms with Crippen molar-refractivity contribution in [1.82, 2.24) is 15.1 Å². The van der Waals surface area contributed by atoms with Gasteiger partial charge < -0.3 is 5.32 Å². The standard InChI is InChI=1S/C16H27N3/c1-2-6-14(5-1)9-11-17-13-15-10-12-19(18-15)16-7-3-4-8-16/h10,12,14,16-17H,1-9,11,13H2. The predicted molar refractivity (Wildman–Crippen MR) is 78.0 cm³/mol. The van der Waals surface area contributed by atoms with Crippen LogP contribution in [0.15, 0.2) is 12.3 Å². The van der Waals surface area contributed by atoms with Crippen molar-refractivity contribution in [2.24, 2.45) is 5.92 Å². The molecule has 3 heteroatoms. The summed E-state index contributed by atoms with van der Waals surface area (Å²) < 4.78 is 2.20. The molecule has 0 radical (unpaired) electrons. The van der Waals surface area contributed by atoms with Gasteiger partial charge in [-0.1, -0.05) is 38.5 Å². The summed E-state index contributed by atoms with van der Waals surface area (Å²) in [4.78, 5) is 0. The van der Waals surface area contributed by atoms with Gasteiger partial charge in [0.1, 0.15) is 0 Å². The van der Waals surface area contributed by atoms with Crippen LogP contribution in [0.4, 0.5) is 0 Å². The molecule has 0 saturated heterocycles. The Morgan fingerprint density at radius 3 is 2.63 bits per heavy atom. The van der Waals surface area contributed by atoms with Gasteiger partial charge in [-0.25, -0.2) is 0 Å². The minimum Gasteiger partial charge on any atom is -0.311 e. The van der Waals surface area contributed by atoms with E-state index in [2.05, 4.69) is 22.3 Å². The molecule has 0 atom stereocenters. The van der Waals surface area contributed by atoms with Crippen molar-refractivity contribution in [2.75, 3.05) is 6.54 Å². The van der Waals surface area contributed by atoms with Crippen molar-refractivity contribution < 1.29 is 0 Å².